The summed E-state index contributed by atoms with van der Waals surface area (Å²) >= 11 is 0. The summed E-state index contributed by atoms with van der Waals surface area (Å²) in [7, 11) is 3.34. The van der Waals surface area contributed by atoms with Crippen LogP contribution in [-0.4, -0.2) is 30.2 Å². The van der Waals surface area contributed by atoms with Crippen LogP contribution >= 0.6 is 0 Å². The first-order valence-corrected chi connectivity index (χ1v) is 4.93. The molecule has 2 amide bonds. The van der Waals surface area contributed by atoms with E-state index in [1.54, 1.807) is 20.2 Å². The number of aromatic nitrogens is 1. The van der Waals surface area contributed by atoms with Gasteiger partial charge in [0.1, 0.15) is 5.76 Å². The Morgan fingerprint density at radius 1 is 1.60 bits per heavy atom. The standard InChI is InChI=1S/C10H17N3O2/c1-7(2)5-8-6-9(12-15-8)11-10(14)13(3)4/h6-7H,5H2,1-4H3,(H,11,12,14). The first-order valence-electron chi connectivity index (χ1n) is 4.93. The zero-order valence-corrected chi connectivity index (χ0v) is 9.57. The third-order valence-corrected chi connectivity index (χ3v) is 1.81. The molecule has 1 rings (SSSR count). The maximum absolute atomic E-state index is 11.3. The van der Waals surface area contributed by atoms with Crippen molar-refractivity contribution in [2.75, 3.05) is 19.4 Å². The maximum atomic E-state index is 11.3. The van der Waals surface area contributed by atoms with E-state index in [1.807, 2.05) is 0 Å². The van der Waals surface area contributed by atoms with Gasteiger partial charge in [-0.3, -0.25) is 5.32 Å². The Morgan fingerprint density at radius 2 is 2.27 bits per heavy atom. The lowest BCUT2D eigenvalue weighted by molar-refractivity contribution is 0.230. The highest BCUT2D eigenvalue weighted by Crippen LogP contribution is 2.13. The number of hydrogen-bond donors (Lipinski definition) is 1. The van der Waals surface area contributed by atoms with Crippen LogP contribution in [0.15, 0.2) is 10.6 Å². The van der Waals surface area contributed by atoms with Crippen molar-refractivity contribution in [1.82, 2.24) is 10.1 Å². The highest BCUT2D eigenvalue weighted by molar-refractivity contribution is 5.87. The molecule has 5 heteroatoms. The van der Waals surface area contributed by atoms with E-state index in [-0.39, 0.29) is 6.03 Å². The average Bonchev–Trinajstić information content (AvgIpc) is 2.51. The van der Waals surface area contributed by atoms with Crippen molar-refractivity contribution in [3.63, 3.8) is 0 Å². The molecule has 1 heterocycles. The van der Waals surface area contributed by atoms with Gasteiger partial charge < -0.3 is 9.42 Å². The molecule has 1 N–H and O–H groups in total. The van der Waals surface area contributed by atoms with Crippen molar-refractivity contribution in [2.24, 2.45) is 5.92 Å². The SMILES string of the molecule is CC(C)Cc1cc(NC(=O)N(C)C)no1. The number of amides is 2. The number of nitrogens with zero attached hydrogens (tertiary/aromatic N) is 2. The van der Waals surface area contributed by atoms with Crippen LogP contribution in [0.3, 0.4) is 0 Å². The van der Waals surface area contributed by atoms with Crippen molar-refractivity contribution in [3.8, 4) is 0 Å². The number of nitrogens with one attached hydrogen (secondary N) is 1. The molecule has 0 aromatic carbocycles. The van der Waals surface area contributed by atoms with Crippen molar-refractivity contribution >= 4 is 11.8 Å². The van der Waals surface area contributed by atoms with Crippen LogP contribution in [-0.2, 0) is 6.42 Å². The first kappa shape index (κ1) is 11.6. The topological polar surface area (TPSA) is 58.4 Å². The Hall–Kier alpha value is -1.52. The molecule has 0 aliphatic rings. The van der Waals surface area contributed by atoms with Crippen LogP contribution in [0.4, 0.5) is 10.6 Å². The van der Waals surface area contributed by atoms with Crippen LogP contribution in [0.5, 0.6) is 0 Å². The summed E-state index contributed by atoms with van der Waals surface area (Å²) in [5.74, 6) is 1.76. The summed E-state index contributed by atoms with van der Waals surface area (Å²) < 4.78 is 5.07. The summed E-state index contributed by atoms with van der Waals surface area (Å²) in [5, 5.41) is 6.38. The number of hydrogen-bond acceptors (Lipinski definition) is 3. The average molecular weight is 211 g/mol. The van der Waals surface area contributed by atoms with Crippen molar-refractivity contribution < 1.29 is 9.32 Å². The lowest BCUT2D eigenvalue weighted by atomic mass is 10.1. The van der Waals surface area contributed by atoms with Crippen molar-refractivity contribution in [2.45, 2.75) is 20.3 Å². The van der Waals surface area contributed by atoms with E-state index >= 15 is 0 Å². The second kappa shape index (κ2) is 4.82. The third-order valence-electron chi connectivity index (χ3n) is 1.81. The van der Waals surface area contributed by atoms with E-state index in [1.165, 1.54) is 4.90 Å². The Kier molecular flexibility index (Phi) is 3.71. The molecule has 0 atom stereocenters. The molecular weight excluding hydrogens is 194 g/mol. The number of anilines is 1. The molecule has 1 aromatic heterocycles. The quantitative estimate of drug-likeness (QED) is 0.831. The van der Waals surface area contributed by atoms with E-state index in [2.05, 4.69) is 24.3 Å². The monoisotopic (exact) mass is 211 g/mol. The molecule has 0 fully saturated rings. The number of carbonyl (C=O) groups excluding carboxylic acids is 1. The maximum Gasteiger partial charge on any atom is 0.322 e. The smallest absolute Gasteiger partial charge is 0.322 e. The molecule has 84 valence electrons. The molecule has 0 aliphatic carbocycles. The van der Waals surface area contributed by atoms with Gasteiger partial charge in [0, 0.05) is 26.6 Å². The Bertz CT molecular complexity index is 331. The van der Waals surface area contributed by atoms with Crippen LogP contribution < -0.4 is 5.32 Å². The Labute approximate surface area is 89.4 Å². The minimum Gasteiger partial charge on any atom is -0.359 e. The third kappa shape index (κ3) is 3.61. The van der Waals surface area contributed by atoms with Crippen LogP contribution in [0.1, 0.15) is 19.6 Å². The van der Waals surface area contributed by atoms with Gasteiger partial charge in [0.05, 0.1) is 0 Å². The summed E-state index contributed by atoms with van der Waals surface area (Å²) in [6.45, 7) is 4.20. The highest BCUT2D eigenvalue weighted by Gasteiger charge is 2.09. The number of urea groups is 1. The molecule has 5 nitrogen and oxygen atoms in total. The van der Waals surface area contributed by atoms with Gasteiger partial charge in [-0.15, -0.1) is 0 Å². The number of rotatable bonds is 3. The van der Waals surface area contributed by atoms with Crippen molar-refractivity contribution in [1.29, 1.82) is 0 Å². The summed E-state index contributed by atoms with van der Waals surface area (Å²) in [4.78, 5) is 12.7. The molecule has 0 spiro atoms. The van der Waals surface area contributed by atoms with Gasteiger partial charge in [0.25, 0.3) is 0 Å². The summed E-state index contributed by atoms with van der Waals surface area (Å²) in [5.41, 5.74) is 0. The van der Waals surface area contributed by atoms with Crippen LogP contribution in [0.2, 0.25) is 0 Å². The predicted molar refractivity (Wildman–Crippen MR) is 57.8 cm³/mol. The van der Waals surface area contributed by atoms with Gasteiger partial charge >= 0.3 is 6.03 Å². The lowest BCUT2D eigenvalue weighted by Crippen LogP contribution is -2.27. The second-order valence-electron chi connectivity index (χ2n) is 4.10. The Morgan fingerprint density at radius 3 is 2.80 bits per heavy atom. The molecule has 1 aromatic rings. The second-order valence-corrected chi connectivity index (χ2v) is 4.10. The van der Waals surface area contributed by atoms with E-state index < -0.39 is 0 Å². The first-order chi connectivity index (χ1) is 6.99. The zero-order valence-electron chi connectivity index (χ0n) is 9.57. The minimum atomic E-state index is -0.209. The van der Waals surface area contributed by atoms with E-state index in [9.17, 15) is 4.79 Å². The minimum absolute atomic E-state index is 0.209. The normalized spacial score (nSPS) is 10.5. The molecule has 0 saturated carbocycles. The fourth-order valence-electron chi connectivity index (χ4n) is 1.09. The molecule has 0 aliphatic heterocycles. The van der Waals surface area contributed by atoms with Crippen molar-refractivity contribution in [3.05, 3.63) is 11.8 Å². The van der Waals surface area contributed by atoms with Gasteiger partial charge in [-0.05, 0) is 5.92 Å². The lowest BCUT2D eigenvalue weighted by Gasteiger charge is -2.08. The predicted octanol–water partition coefficient (Wildman–Crippen LogP) is 1.97. The van der Waals surface area contributed by atoms with Crippen LogP contribution in [0, 0.1) is 5.92 Å². The molecule has 15 heavy (non-hydrogen) atoms. The molecule has 0 bridgehead atoms. The van der Waals surface area contributed by atoms with E-state index in [0.717, 1.165) is 12.2 Å². The molecule has 0 saturated heterocycles. The zero-order chi connectivity index (χ0) is 11.4. The van der Waals surface area contributed by atoms with Crippen LogP contribution in [0.25, 0.3) is 0 Å². The van der Waals surface area contributed by atoms with Gasteiger partial charge in [-0.1, -0.05) is 19.0 Å². The number of carbonyl (C=O) groups is 1. The summed E-state index contributed by atoms with van der Waals surface area (Å²) in [6, 6.07) is 1.54. The van der Waals surface area contributed by atoms with E-state index in [0.29, 0.717) is 11.7 Å². The highest BCUT2D eigenvalue weighted by atomic mass is 16.5. The van der Waals surface area contributed by atoms with Gasteiger partial charge in [0.2, 0.25) is 0 Å². The molecule has 0 radical (unpaired) electrons. The van der Waals surface area contributed by atoms with E-state index in [4.69, 9.17) is 4.52 Å². The molecular formula is C10H17N3O2. The van der Waals surface area contributed by atoms with Gasteiger partial charge in [0.15, 0.2) is 5.82 Å². The molecule has 0 unspecified atom stereocenters. The fourth-order valence-corrected chi connectivity index (χ4v) is 1.09. The summed E-state index contributed by atoms with van der Waals surface area (Å²) in [6.07, 6.45) is 0.824. The Balaban J connectivity index is 2.56. The van der Waals surface area contributed by atoms with Gasteiger partial charge in [-0.2, -0.15) is 0 Å². The van der Waals surface area contributed by atoms with Gasteiger partial charge in [-0.25, -0.2) is 4.79 Å². The fraction of sp³-hybridized carbons (Fsp3) is 0.600. The largest absolute Gasteiger partial charge is 0.359 e.